The van der Waals surface area contributed by atoms with E-state index < -0.39 is 0 Å². The van der Waals surface area contributed by atoms with Crippen molar-refractivity contribution in [2.45, 2.75) is 44.9 Å². The largest absolute Gasteiger partial charge is 0.299 e. The van der Waals surface area contributed by atoms with Gasteiger partial charge < -0.3 is 0 Å². The highest BCUT2D eigenvalue weighted by Crippen LogP contribution is 2.46. The highest BCUT2D eigenvalue weighted by atomic mass is 16.1. The van der Waals surface area contributed by atoms with Gasteiger partial charge in [0.15, 0.2) is 0 Å². The average Bonchev–Trinajstić information content (AvgIpc) is 2.51. The summed E-state index contributed by atoms with van der Waals surface area (Å²) in [5.74, 6) is 0.522. The number of hydrogen-bond acceptors (Lipinski definition) is 1. The quantitative estimate of drug-likeness (QED) is 0.718. The maximum absolute atomic E-state index is 11.9. The lowest BCUT2D eigenvalue weighted by Gasteiger charge is -2.18. The van der Waals surface area contributed by atoms with Crippen molar-refractivity contribution in [3.05, 3.63) is 35.4 Å². The van der Waals surface area contributed by atoms with Crippen molar-refractivity contribution in [3.63, 3.8) is 0 Å². The van der Waals surface area contributed by atoms with Crippen molar-refractivity contribution >= 4 is 5.78 Å². The second-order valence-electron chi connectivity index (χ2n) is 5.05. The summed E-state index contributed by atoms with van der Waals surface area (Å²) in [7, 11) is 0. The Bertz CT molecular complexity index is 390. The lowest BCUT2D eigenvalue weighted by molar-refractivity contribution is -0.120. The molecule has 0 aromatic heterocycles. The molecular weight excluding hydrogens is 184 g/mol. The lowest BCUT2D eigenvalue weighted by atomic mass is 9.85. The summed E-state index contributed by atoms with van der Waals surface area (Å²) in [6, 6.07) is 8.39. The standard InChI is InChI=1S/C14H18O/c1-4-13(15)11-9-14(2,3)12-8-6-5-7-10(11)12/h5-8,11H,4,9H2,1-3H3. The average molecular weight is 202 g/mol. The molecule has 0 saturated heterocycles. The van der Waals surface area contributed by atoms with Gasteiger partial charge in [0.2, 0.25) is 0 Å². The Kier molecular flexibility index (Phi) is 2.41. The van der Waals surface area contributed by atoms with Gasteiger partial charge in [-0.1, -0.05) is 45.0 Å². The zero-order valence-electron chi connectivity index (χ0n) is 9.71. The molecule has 0 saturated carbocycles. The minimum absolute atomic E-state index is 0.140. The van der Waals surface area contributed by atoms with Gasteiger partial charge in [-0.05, 0) is 23.0 Å². The Morgan fingerprint density at radius 1 is 1.40 bits per heavy atom. The van der Waals surface area contributed by atoms with Crippen LogP contribution in [0.15, 0.2) is 24.3 Å². The zero-order valence-corrected chi connectivity index (χ0v) is 9.71. The third-order valence-electron chi connectivity index (χ3n) is 3.52. The fraction of sp³-hybridized carbons (Fsp3) is 0.500. The SMILES string of the molecule is CCC(=O)C1CC(C)(C)c2ccccc21. The van der Waals surface area contributed by atoms with Crippen LogP contribution in [0.1, 0.15) is 50.7 Å². The first-order valence-corrected chi connectivity index (χ1v) is 5.68. The van der Waals surface area contributed by atoms with Crippen LogP contribution in [0, 0.1) is 0 Å². The van der Waals surface area contributed by atoms with Gasteiger partial charge in [-0.2, -0.15) is 0 Å². The lowest BCUT2D eigenvalue weighted by Crippen LogP contribution is -2.14. The Labute approximate surface area is 91.5 Å². The minimum Gasteiger partial charge on any atom is -0.299 e. The predicted octanol–water partition coefficient (Wildman–Crippen LogP) is 3.43. The molecule has 0 heterocycles. The smallest absolute Gasteiger partial charge is 0.140 e. The monoisotopic (exact) mass is 202 g/mol. The molecule has 1 unspecified atom stereocenters. The molecule has 0 radical (unpaired) electrons. The van der Waals surface area contributed by atoms with Crippen LogP contribution in [0.3, 0.4) is 0 Å². The number of ketones is 1. The van der Waals surface area contributed by atoms with E-state index in [1.165, 1.54) is 11.1 Å². The van der Waals surface area contributed by atoms with Gasteiger partial charge in [-0.15, -0.1) is 0 Å². The summed E-state index contributed by atoms with van der Waals surface area (Å²) in [6.07, 6.45) is 1.62. The van der Waals surface area contributed by atoms with E-state index in [0.717, 1.165) is 6.42 Å². The van der Waals surface area contributed by atoms with Gasteiger partial charge in [-0.25, -0.2) is 0 Å². The van der Waals surface area contributed by atoms with Crippen molar-refractivity contribution in [2.75, 3.05) is 0 Å². The first kappa shape index (κ1) is 10.4. The molecule has 0 bridgehead atoms. The molecule has 1 aromatic rings. The molecule has 0 fully saturated rings. The predicted molar refractivity (Wildman–Crippen MR) is 62.1 cm³/mol. The molecule has 0 aliphatic heterocycles. The minimum atomic E-state index is 0.140. The van der Waals surface area contributed by atoms with Crippen LogP contribution >= 0.6 is 0 Å². The summed E-state index contributed by atoms with van der Waals surface area (Å²) >= 11 is 0. The summed E-state index contributed by atoms with van der Waals surface area (Å²) in [6.45, 7) is 6.42. The van der Waals surface area contributed by atoms with E-state index in [0.29, 0.717) is 12.2 Å². The van der Waals surface area contributed by atoms with E-state index in [1.807, 2.05) is 13.0 Å². The van der Waals surface area contributed by atoms with E-state index in [1.54, 1.807) is 0 Å². The van der Waals surface area contributed by atoms with Crippen LogP contribution < -0.4 is 0 Å². The van der Waals surface area contributed by atoms with Crippen LogP contribution in [-0.4, -0.2) is 5.78 Å². The number of Topliss-reactive ketones (excluding diaryl/α,β-unsaturated/α-hetero) is 1. The van der Waals surface area contributed by atoms with E-state index in [4.69, 9.17) is 0 Å². The van der Waals surface area contributed by atoms with Crippen LogP contribution in [-0.2, 0) is 10.2 Å². The molecule has 15 heavy (non-hydrogen) atoms. The summed E-state index contributed by atoms with van der Waals surface area (Å²) in [4.78, 5) is 11.9. The molecule has 2 rings (SSSR count). The molecule has 0 N–H and O–H groups in total. The number of hydrogen-bond donors (Lipinski definition) is 0. The van der Waals surface area contributed by atoms with E-state index in [2.05, 4.69) is 32.0 Å². The summed E-state index contributed by atoms with van der Waals surface area (Å²) < 4.78 is 0. The number of carbonyl (C=O) groups excluding carboxylic acids is 1. The van der Waals surface area contributed by atoms with Crippen LogP contribution in [0.5, 0.6) is 0 Å². The molecule has 1 nitrogen and oxygen atoms in total. The third-order valence-corrected chi connectivity index (χ3v) is 3.52. The van der Waals surface area contributed by atoms with Gasteiger partial charge in [0, 0.05) is 12.3 Å². The number of fused-ring (bicyclic) bond motifs is 1. The molecule has 0 spiro atoms. The Morgan fingerprint density at radius 2 is 2.07 bits per heavy atom. The Hall–Kier alpha value is -1.11. The first-order valence-electron chi connectivity index (χ1n) is 5.68. The van der Waals surface area contributed by atoms with E-state index in [-0.39, 0.29) is 11.3 Å². The highest BCUT2D eigenvalue weighted by molar-refractivity contribution is 5.87. The molecule has 1 aliphatic rings. The fourth-order valence-corrected chi connectivity index (χ4v) is 2.68. The van der Waals surface area contributed by atoms with E-state index >= 15 is 0 Å². The second kappa shape index (κ2) is 3.48. The van der Waals surface area contributed by atoms with Gasteiger partial charge in [0.25, 0.3) is 0 Å². The second-order valence-corrected chi connectivity index (χ2v) is 5.05. The Morgan fingerprint density at radius 3 is 2.73 bits per heavy atom. The molecule has 1 aliphatic carbocycles. The van der Waals surface area contributed by atoms with Crippen LogP contribution in [0.4, 0.5) is 0 Å². The number of benzene rings is 1. The van der Waals surface area contributed by atoms with Crippen LogP contribution in [0.25, 0.3) is 0 Å². The molecule has 1 atom stereocenters. The maximum Gasteiger partial charge on any atom is 0.140 e. The third kappa shape index (κ3) is 1.60. The normalized spacial score (nSPS) is 22.5. The van der Waals surface area contributed by atoms with Crippen molar-refractivity contribution in [2.24, 2.45) is 0 Å². The molecule has 80 valence electrons. The summed E-state index contributed by atoms with van der Waals surface area (Å²) in [5, 5.41) is 0. The van der Waals surface area contributed by atoms with Gasteiger partial charge >= 0.3 is 0 Å². The van der Waals surface area contributed by atoms with Gasteiger partial charge in [0.05, 0.1) is 0 Å². The van der Waals surface area contributed by atoms with Crippen LogP contribution in [0.2, 0.25) is 0 Å². The molecular formula is C14H18O. The molecule has 0 amide bonds. The number of rotatable bonds is 2. The fourth-order valence-electron chi connectivity index (χ4n) is 2.68. The highest BCUT2D eigenvalue weighted by Gasteiger charge is 2.38. The number of carbonyl (C=O) groups is 1. The zero-order chi connectivity index (χ0) is 11.1. The van der Waals surface area contributed by atoms with Crippen molar-refractivity contribution in [1.29, 1.82) is 0 Å². The van der Waals surface area contributed by atoms with E-state index in [9.17, 15) is 4.79 Å². The topological polar surface area (TPSA) is 17.1 Å². The van der Waals surface area contributed by atoms with Gasteiger partial charge in [-0.3, -0.25) is 4.79 Å². The van der Waals surface area contributed by atoms with Crippen molar-refractivity contribution in [3.8, 4) is 0 Å². The van der Waals surface area contributed by atoms with Gasteiger partial charge in [0.1, 0.15) is 5.78 Å². The molecule has 1 heteroatoms. The Balaban J connectivity index is 2.47. The van der Waals surface area contributed by atoms with Crippen molar-refractivity contribution < 1.29 is 4.79 Å². The first-order chi connectivity index (χ1) is 7.06. The maximum atomic E-state index is 11.9. The molecule has 1 aromatic carbocycles. The summed E-state index contributed by atoms with van der Waals surface area (Å²) in [5.41, 5.74) is 2.78. The van der Waals surface area contributed by atoms with Crippen molar-refractivity contribution in [1.82, 2.24) is 0 Å².